The predicted molar refractivity (Wildman–Crippen MR) is 106 cm³/mol. The molecule has 0 aliphatic carbocycles. The summed E-state index contributed by atoms with van der Waals surface area (Å²) in [5, 5.41) is 11.8. The van der Waals surface area contributed by atoms with E-state index in [0.717, 1.165) is 41.6 Å². The van der Waals surface area contributed by atoms with Gasteiger partial charge < -0.3 is 14.6 Å². The maximum absolute atomic E-state index is 12.0. The van der Waals surface area contributed by atoms with Crippen LogP contribution in [0.1, 0.15) is 31.4 Å². The molecule has 28 heavy (non-hydrogen) atoms. The summed E-state index contributed by atoms with van der Waals surface area (Å²) in [7, 11) is 1.63. The Morgan fingerprint density at radius 2 is 2.29 bits per heavy atom. The average Bonchev–Trinajstić information content (AvgIpc) is 2.71. The lowest BCUT2D eigenvalue weighted by molar-refractivity contribution is -0.163. The SMILES string of the molecule is C=C[C@]1(O)CN2CC[C@H]1C[C@@H]2[C@@H](OC(C)=O)c1ccnc2ccc(OC)cc12. The van der Waals surface area contributed by atoms with Gasteiger partial charge in [0.15, 0.2) is 0 Å². The number of nitrogens with zero attached hydrogens (tertiary/aromatic N) is 2. The van der Waals surface area contributed by atoms with Gasteiger partial charge in [0.25, 0.3) is 0 Å². The van der Waals surface area contributed by atoms with Gasteiger partial charge in [0.05, 0.1) is 24.3 Å². The highest BCUT2D eigenvalue weighted by Crippen LogP contribution is 2.45. The van der Waals surface area contributed by atoms with Gasteiger partial charge in [-0.3, -0.25) is 14.7 Å². The number of esters is 1. The van der Waals surface area contributed by atoms with Crippen LogP contribution in [-0.4, -0.2) is 52.8 Å². The van der Waals surface area contributed by atoms with Gasteiger partial charge in [0.1, 0.15) is 11.9 Å². The fourth-order valence-corrected chi connectivity index (χ4v) is 4.75. The van der Waals surface area contributed by atoms with E-state index in [0.29, 0.717) is 6.54 Å². The molecule has 0 radical (unpaired) electrons. The van der Waals surface area contributed by atoms with Crippen LogP contribution in [0, 0.1) is 5.92 Å². The van der Waals surface area contributed by atoms with Gasteiger partial charge in [-0.05, 0) is 49.6 Å². The van der Waals surface area contributed by atoms with Gasteiger partial charge in [0.2, 0.25) is 0 Å². The summed E-state index contributed by atoms with van der Waals surface area (Å²) in [4.78, 5) is 18.6. The number of hydrogen-bond acceptors (Lipinski definition) is 6. The number of piperidine rings is 3. The van der Waals surface area contributed by atoms with Crippen molar-refractivity contribution in [3.63, 3.8) is 0 Å². The first-order valence-corrected chi connectivity index (χ1v) is 9.65. The Bertz CT molecular complexity index is 915. The van der Waals surface area contributed by atoms with Crippen molar-refractivity contribution in [2.45, 2.75) is 37.5 Å². The number of aliphatic hydroxyl groups is 1. The topological polar surface area (TPSA) is 71.9 Å². The summed E-state index contributed by atoms with van der Waals surface area (Å²) in [6, 6.07) is 7.63. The second kappa shape index (κ2) is 7.18. The Balaban J connectivity index is 1.77. The van der Waals surface area contributed by atoms with E-state index in [1.165, 1.54) is 6.92 Å². The molecule has 148 valence electrons. The third-order valence-electron chi connectivity index (χ3n) is 6.21. The molecule has 3 aliphatic rings. The summed E-state index contributed by atoms with van der Waals surface area (Å²) in [6.45, 7) is 6.65. The predicted octanol–water partition coefficient (Wildman–Crippen LogP) is 2.86. The number of carbonyl (C=O) groups excluding carboxylic acids is 1. The maximum Gasteiger partial charge on any atom is 0.303 e. The van der Waals surface area contributed by atoms with Crippen molar-refractivity contribution in [3.05, 3.63) is 48.7 Å². The minimum atomic E-state index is -0.876. The lowest BCUT2D eigenvalue weighted by Crippen LogP contribution is -2.63. The van der Waals surface area contributed by atoms with Gasteiger partial charge in [-0.15, -0.1) is 6.58 Å². The second-order valence-corrected chi connectivity index (χ2v) is 7.77. The standard InChI is InChI=1S/C22H26N2O4/c1-4-22(26)13-24-10-8-15(22)11-20(24)21(28-14(2)25)17-7-9-23-19-6-5-16(27-3)12-18(17)19/h4-7,9,12,15,20-21,26H,1,8,10-11,13H2,2-3H3/t15-,20+,21-,22-/m0/s1. The Morgan fingerprint density at radius 1 is 1.46 bits per heavy atom. The number of methoxy groups -OCH3 is 1. The van der Waals surface area contributed by atoms with Crippen molar-refractivity contribution in [2.75, 3.05) is 20.2 Å². The summed E-state index contributed by atoms with van der Waals surface area (Å²) in [5.74, 6) is 0.523. The largest absolute Gasteiger partial charge is 0.497 e. The third kappa shape index (κ3) is 3.16. The van der Waals surface area contributed by atoms with Crippen molar-refractivity contribution in [1.82, 2.24) is 9.88 Å². The molecular weight excluding hydrogens is 356 g/mol. The van der Waals surface area contributed by atoms with Crippen molar-refractivity contribution in [2.24, 2.45) is 5.92 Å². The first kappa shape index (κ1) is 18.9. The molecule has 1 N–H and O–H groups in total. The van der Waals surface area contributed by atoms with Crippen LogP contribution in [-0.2, 0) is 9.53 Å². The van der Waals surface area contributed by atoms with Crippen LogP contribution >= 0.6 is 0 Å². The zero-order valence-electron chi connectivity index (χ0n) is 16.3. The van der Waals surface area contributed by atoms with Crippen molar-refractivity contribution >= 4 is 16.9 Å². The molecule has 3 aliphatic heterocycles. The molecule has 3 fully saturated rings. The Morgan fingerprint density at radius 3 is 2.93 bits per heavy atom. The number of rotatable bonds is 5. The molecule has 1 aromatic heterocycles. The molecule has 4 heterocycles. The highest BCUT2D eigenvalue weighted by atomic mass is 16.5. The maximum atomic E-state index is 12.0. The quantitative estimate of drug-likeness (QED) is 0.633. The fraction of sp³-hybridized carbons (Fsp3) is 0.455. The lowest BCUT2D eigenvalue weighted by atomic mass is 9.70. The smallest absolute Gasteiger partial charge is 0.303 e. The Labute approximate surface area is 164 Å². The summed E-state index contributed by atoms with van der Waals surface area (Å²) in [6.07, 6.45) is 4.63. The minimum Gasteiger partial charge on any atom is -0.497 e. The zero-order valence-corrected chi connectivity index (χ0v) is 16.3. The number of ether oxygens (including phenoxy) is 2. The second-order valence-electron chi connectivity index (χ2n) is 7.77. The van der Waals surface area contributed by atoms with Crippen LogP contribution in [0.5, 0.6) is 5.75 Å². The molecule has 5 rings (SSSR count). The van der Waals surface area contributed by atoms with Crippen molar-refractivity contribution in [3.8, 4) is 5.75 Å². The van der Waals surface area contributed by atoms with E-state index in [1.807, 2.05) is 24.3 Å². The van der Waals surface area contributed by atoms with Crippen molar-refractivity contribution < 1.29 is 19.4 Å². The van der Waals surface area contributed by atoms with Crippen LogP contribution in [0.15, 0.2) is 43.1 Å². The number of aromatic nitrogens is 1. The monoisotopic (exact) mass is 382 g/mol. The van der Waals surface area contributed by atoms with Crippen LogP contribution < -0.4 is 4.74 Å². The van der Waals surface area contributed by atoms with Crippen molar-refractivity contribution in [1.29, 1.82) is 0 Å². The van der Waals surface area contributed by atoms with E-state index < -0.39 is 11.7 Å². The van der Waals surface area contributed by atoms with Gasteiger partial charge in [-0.2, -0.15) is 0 Å². The molecule has 6 heteroatoms. The Kier molecular flexibility index (Phi) is 4.85. The minimum absolute atomic E-state index is 0.000300. The molecule has 0 saturated carbocycles. The highest BCUT2D eigenvalue weighted by Gasteiger charge is 2.50. The number of carbonyl (C=O) groups is 1. The van der Waals surface area contributed by atoms with Crippen LogP contribution in [0.4, 0.5) is 0 Å². The molecule has 0 spiro atoms. The van der Waals surface area contributed by atoms with E-state index in [4.69, 9.17) is 9.47 Å². The van der Waals surface area contributed by atoms with Crippen LogP contribution in [0.3, 0.4) is 0 Å². The lowest BCUT2D eigenvalue weighted by Gasteiger charge is -2.54. The van der Waals surface area contributed by atoms with E-state index in [2.05, 4.69) is 16.5 Å². The third-order valence-corrected chi connectivity index (χ3v) is 6.21. The van der Waals surface area contributed by atoms with Gasteiger partial charge in [-0.1, -0.05) is 6.08 Å². The number of benzene rings is 1. The van der Waals surface area contributed by atoms with Crippen LogP contribution in [0.2, 0.25) is 0 Å². The van der Waals surface area contributed by atoms with Crippen LogP contribution in [0.25, 0.3) is 10.9 Å². The van der Waals surface area contributed by atoms with Gasteiger partial charge >= 0.3 is 5.97 Å². The van der Waals surface area contributed by atoms with E-state index >= 15 is 0 Å². The molecule has 1 unspecified atom stereocenters. The van der Waals surface area contributed by atoms with E-state index in [-0.39, 0.29) is 17.9 Å². The molecular formula is C22H26N2O4. The zero-order chi connectivity index (χ0) is 19.9. The highest BCUT2D eigenvalue weighted by molar-refractivity contribution is 5.84. The summed E-state index contributed by atoms with van der Waals surface area (Å²) < 4.78 is 11.2. The fourth-order valence-electron chi connectivity index (χ4n) is 4.75. The number of hydrogen-bond donors (Lipinski definition) is 1. The van der Waals surface area contributed by atoms with Gasteiger partial charge in [0, 0.05) is 30.6 Å². The number of fused-ring (bicyclic) bond motifs is 4. The molecule has 6 nitrogen and oxygen atoms in total. The summed E-state index contributed by atoms with van der Waals surface area (Å²) in [5.41, 5.74) is 0.867. The average molecular weight is 382 g/mol. The first-order valence-electron chi connectivity index (χ1n) is 9.65. The number of pyridine rings is 1. The molecule has 1 aromatic carbocycles. The normalized spacial score (nSPS) is 30.0. The Hall–Kier alpha value is -2.44. The molecule has 3 saturated heterocycles. The molecule has 2 bridgehead atoms. The molecule has 5 atom stereocenters. The van der Waals surface area contributed by atoms with E-state index in [1.54, 1.807) is 19.4 Å². The summed E-state index contributed by atoms with van der Waals surface area (Å²) >= 11 is 0. The molecule has 0 amide bonds. The molecule has 2 aromatic rings. The first-order chi connectivity index (χ1) is 13.4. The van der Waals surface area contributed by atoms with E-state index in [9.17, 15) is 9.90 Å². The van der Waals surface area contributed by atoms with Gasteiger partial charge in [-0.25, -0.2) is 0 Å².